The Labute approximate surface area is 200 Å². The molecule has 0 bridgehead atoms. The van der Waals surface area contributed by atoms with E-state index in [0.29, 0.717) is 37.6 Å². The SMILES string of the molecule is CC(C)(CCOc1ccc(-c2noc(C(F)(F)F)n2)cc1)CCN1CCN(c2ccncc2)C1=O. The summed E-state index contributed by atoms with van der Waals surface area (Å²) in [7, 11) is 0. The van der Waals surface area contributed by atoms with E-state index in [1.54, 1.807) is 41.6 Å². The Morgan fingerprint density at radius 1 is 1.03 bits per heavy atom. The van der Waals surface area contributed by atoms with Gasteiger partial charge in [-0.25, -0.2) is 4.79 Å². The van der Waals surface area contributed by atoms with Crippen LogP contribution in [0.5, 0.6) is 5.75 Å². The highest BCUT2D eigenvalue weighted by Crippen LogP contribution is 2.30. The van der Waals surface area contributed by atoms with Gasteiger partial charge in [0, 0.05) is 43.3 Å². The summed E-state index contributed by atoms with van der Waals surface area (Å²) in [5, 5.41) is 3.38. The lowest BCUT2D eigenvalue weighted by Gasteiger charge is -2.27. The molecule has 0 unspecified atom stereocenters. The molecule has 0 aliphatic carbocycles. The molecule has 8 nitrogen and oxygen atoms in total. The summed E-state index contributed by atoms with van der Waals surface area (Å²) in [6.45, 7) is 6.73. The number of hydrogen-bond donors (Lipinski definition) is 0. The van der Waals surface area contributed by atoms with Gasteiger partial charge in [-0.05, 0) is 54.7 Å². The molecule has 1 aromatic carbocycles. The number of pyridine rings is 1. The lowest BCUT2D eigenvalue weighted by atomic mass is 9.86. The Bertz CT molecular complexity index is 1130. The number of alkyl halides is 3. The molecular formula is C24H26F3N5O3. The van der Waals surface area contributed by atoms with Crippen molar-refractivity contribution in [2.45, 2.75) is 32.9 Å². The molecule has 1 aliphatic heterocycles. The van der Waals surface area contributed by atoms with Crippen molar-refractivity contribution in [2.24, 2.45) is 5.41 Å². The third-order valence-electron chi connectivity index (χ3n) is 5.96. The van der Waals surface area contributed by atoms with E-state index in [2.05, 4.69) is 33.5 Å². The fraction of sp³-hybridized carbons (Fsp3) is 0.417. The molecule has 3 aromatic rings. The van der Waals surface area contributed by atoms with E-state index in [-0.39, 0.29) is 17.3 Å². The minimum atomic E-state index is -4.68. The second-order valence-corrected chi connectivity index (χ2v) is 9.08. The van der Waals surface area contributed by atoms with Crippen molar-refractivity contribution >= 4 is 11.7 Å². The second-order valence-electron chi connectivity index (χ2n) is 9.08. The predicted octanol–water partition coefficient (Wildman–Crippen LogP) is 5.28. The number of urea groups is 1. The standard InChI is InChI=1S/C24H26F3N5O3/c1-23(2,9-13-31-14-15-32(22(31)33)18-7-11-28-12-8-18)10-16-34-19-5-3-17(4-6-19)20-29-21(35-30-20)24(25,26)27/h3-8,11-12H,9-10,13-16H2,1-2H3. The number of benzene rings is 1. The van der Waals surface area contributed by atoms with Crippen LogP contribution < -0.4 is 9.64 Å². The van der Waals surface area contributed by atoms with Gasteiger partial charge in [0.1, 0.15) is 5.75 Å². The smallest absolute Gasteiger partial charge is 0.471 e. The number of halogens is 3. The Morgan fingerprint density at radius 3 is 2.40 bits per heavy atom. The first-order valence-electron chi connectivity index (χ1n) is 11.2. The van der Waals surface area contributed by atoms with Crippen LogP contribution in [0.25, 0.3) is 11.4 Å². The molecular weight excluding hydrogens is 463 g/mol. The third kappa shape index (κ3) is 6.09. The highest BCUT2D eigenvalue weighted by Gasteiger charge is 2.38. The van der Waals surface area contributed by atoms with Gasteiger partial charge in [0.05, 0.1) is 6.61 Å². The molecule has 0 N–H and O–H groups in total. The zero-order valence-corrected chi connectivity index (χ0v) is 19.5. The summed E-state index contributed by atoms with van der Waals surface area (Å²) >= 11 is 0. The van der Waals surface area contributed by atoms with Crippen LogP contribution in [0.3, 0.4) is 0 Å². The molecule has 0 radical (unpaired) electrons. The number of ether oxygens (including phenoxy) is 1. The van der Waals surface area contributed by atoms with E-state index in [4.69, 9.17) is 4.74 Å². The van der Waals surface area contributed by atoms with Gasteiger partial charge in [-0.2, -0.15) is 18.2 Å². The molecule has 0 atom stereocenters. The summed E-state index contributed by atoms with van der Waals surface area (Å²) in [5.74, 6) is -0.925. The second kappa shape index (κ2) is 9.93. The van der Waals surface area contributed by atoms with Crippen molar-refractivity contribution in [3.8, 4) is 17.1 Å². The van der Waals surface area contributed by atoms with Crippen molar-refractivity contribution in [3.05, 3.63) is 54.7 Å². The molecule has 2 amide bonds. The molecule has 2 aromatic heterocycles. The zero-order chi connectivity index (χ0) is 25.1. The van der Waals surface area contributed by atoms with Crippen LogP contribution in [0.15, 0.2) is 53.3 Å². The van der Waals surface area contributed by atoms with Crippen LogP contribution in [0.2, 0.25) is 0 Å². The van der Waals surface area contributed by atoms with Gasteiger partial charge in [-0.3, -0.25) is 9.88 Å². The molecule has 35 heavy (non-hydrogen) atoms. The van der Waals surface area contributed by atoms with Crippen LogP contribution in [-0.4, -0.2) is 52.3 Å². The average molecular weight is 489 g/mol. The summed E-state index contributed by atoms with van der Waals surface area (Å²) in [4.78, 5) is 23.7. The monoisotopic (exact) mass is 489 g/mol. The Balaban J connectivity index is 1.23. The van der Waals surface area contributed by atoms with Gasteiger partial charge in [0.15, 0.2) is 0 Å². The van der Waals surface area contributed by atoms with E-state index in [0.717, 1.165) is 18.5 Å². The van der Waals surface area contributed by atoms with Crippen LogP contribution in [-0.2, 0) is 6.18 Å². The number of aromatic nitrogens is 3. The molecule has 3 heterocycles. The van der Waals surface area contributed by atoms with Gasteiger partial charge in [0.2, 0.25) is 5.82 Å². The summed E-state index contributed by atoms with van der Waals surface area (Å²) < 4.78 is 48.0. The predicted molar refractivity (Wildman–Crippen MR) is 122 cm³/mol. The Hall–Kier alpha value is -3.63. The number of amides is 2. The molecule has 11 heteroatoms. The number of hydrogen-bond acceptors (Lipinski definition) is 6. The summed E-state index contributed by atoms with van der Waals surface area (Å²) in [5.41, 5.74) is 1.20. The summed E-state index contributed by atoms with van der Waals surface area (Å²) in [6.07, 6.45) is 0.269. The molecule has 4 rings (SSSR count). The van der Waals surface area contributed by atoms with Crippen molar-refractivity contribution in [1.82, 2.24) is 20.0 Å². The maximum atomic E-state index is 12.7. The van der Waals surface area contributed by atoms with E-state index in [9.17, 15) is 18.0 Å². The fourth-order valence-corrected chi connectivity index (χ4v) is 3.72. The van der Waals surface area contributed by atoms with Gasteiger partial charge in [-0.15, -0.1) is 0 Å². The lowest BCUT2D eigenvalue weighted by molar-refractivity contribution is -0.159. The summed E-state index contributed by atoms with van der Waals surface area (Å²) in [6, 6.07) is 10.1. The van der Waals surface area contributed by atoms with Crippen molar-refractivity contribution in [2.75, 3.05) is 31.1 Å². The molecule has 186 valence electrons. The van der Waals surface area contributed by atoms with E-state index in [1.165, 1.54) is 0 Å². The highest BCUT2D eigenvalue weighted by atomic mass is 19.4. The number of nitrogens with zero attached hydrogens (tertiary/aromatic N) is 5. The van der Waals surface area contributed by atoms with Crippen molar-refractivity contribution < 1.29 is 27.2 Å². The lowest BCUT2D eigenvalue weighted by Crippen LogP contribution is -2.34. The Morgan fingerprint density at radius 2 is 1.74 bits per heavy atom. The number of anilines is 1. The van der Waals surface area contributed by atoms with Gasteiger partial charge in [0.25, 0.3) is 0 Å². The highest BCUT2D eigenvalue weighted by molar-refractivity contribution is 5.94. The quantitative estimate of drug-likeness (QED) is 0.407. The average Bonchev–Trinajstić information content (AvgIpc) is 3.46. The van der Waals surface area contributed by atoms with Crippen LogP contribution in [0, 0.1) is 5.41 Å². The minimum absolute atomic E-state index is 0.00676. The first-order valence-corrected chi connectivity index (χ1v) is 11.2. The topological polar surface area (TPSA) is 84.6 Å². The van der Waals surface area contributed by atoms with Crippen molar-refractivity contribution in [1.29, 1.82) is 0 Å². The number of carbonyl (C=O) groups is 1. The first-order chi connectivity index (χ1) is 16.6. The normalized spacial score (nSPS) is 14.6. The number of rotatable bonds is 9. The molecule has 1 aliphatic rings. The third-order valence-corrected chi connectivity index (χ3v) is 5.96. The van der Waals surface area contributed by atoms with Crippen LogP contribution in [0.1, 0.15) is 32.6 Å². The largest absolute Gasteiger partial charge is 0.494 e. The van der Waals surface area contributed by atoms with Crippen molar-refractivity contribution in [3.63, 3.8) is 0 Å². The number of carbonyl (C=O) groups excluding carboxylic acids is 1. The zero-order valence-electron chi connectivity index (χ0n) is 19.5. The van der Waals surface area contributed by atoms with E-state index >= 15 is 0 Å². The van der Waals surface area contributed by atoms with Crippen LogP contribution >= 0.6 is 0 Å². The first kappa shape index (κ1) is 24.5. The molecule has 1 fully saturated rings. The molecule has 1 saturated heterocycles. The van der Waals surface area contributed by atoms with Gasteiger partial charge in [-0.1, -0.05) is 19.0 Å². The Kier molecular flexibility index (Phi) is 6.95. The van der Waals surface area contributed by atoms with E-state index < -0.39 is 12.1 Å². The van der Waals surface area contributed by atoms with Gasteiger partial charge >= 0.3 is 18.1 Å². The van der Waals surface area contributed by atoms with Gasteiger partial charge < -0.3 is 14.2 Å². The maximum Gasteiger partial charge on any atom is 0.471 e. The maximum absolute atomic E-state index is 12.7. The molecule has 0 saturated carbocycles. The minimum Gasteiger partial charge on any atom is -0.494 e. The molecule has 0 spiro atoms. The van der Waals surface area contributed by atoms with Crippen LogP contribution in [0.4, 0.5) is 23.7 Å². The fourth-order valence-electron chi connectivity index (χ4n) is 3.72. The van der Waals surface area contributed by atoms with E-state index in [1.807, 2.05) is 17.0 Å².